The van der Waals surface area contributed by atoms with Gasteiger partial charge in [0, 0.05) is 18.1 Å². The SMILES string of the molecule is C=CCNCCOc1ccc(Cl)cc1Cl. The number of ether oxygens (including phenoxy) is 1. The van der Waals surface area contributed by atoms with Gasteiger partial charge in [0.2, 0.25) is 0 Å². The quantitative estimate of drug-likeness (QED) is 0.615. The van der Waals surface area contributed by atoms with Crippen LogP contribution in [-0.4, -0.2) is 19.7 Å². The molecule has 0 saturated carbocycles. The molecule has 1 aromatic carbocycles. The molecule has 1 rings (SSSR count). The van der Waals surface area contributed by atoms with E-state index in [0.29, 0.717) is 22.4 Å². The summed E-state index contributed by atoms with van der Waals surface area (Å²) < 4.78 is 5.45. The Morgan fingerprint density at radius 1 is 1.40 bits per heavy atom. The van der Waals surface area contributed by atoms with Crippen molar-refractivity contribution in [2.75, 3.05) is 19.7 Å². The standard InChI is InChI=1S/C11H13Cl2NO/c1-2-5-14-6-7-15-11-4-3-9(12)8-10(11)13/h2-4,8,14H,1,5-7H2. The smallest absolute Gasteiger partial charge is 0.138 e. The lowest BCUT2D eigenvalue weighted by atomic mass is 10.3. The Morgan fingerprint density at radius 3 is 2.87 bits per heavy atom. The maximum atomic E-state index is 5.92. The molecule has 0 aromatic heterocycles. The highest BCUT2D eigenvalue weighted by molar-refractivity contribution is 6.35. The van der Waals surface area contributed by atoms with Crippen LogP contribution in [0, 0.1) is 0 Å². The van der Waals surface area contributed by atoms with E-state index in [2.05, 4.69) is 11.9 Å². The maximum absolute atomic E-state index is 5.92. The molecule has 0 fully saturated rings. The summed E-state index contributed by atoms with van der Waals surface area (Å²) in [5.41, 5.74) is 0. The summed E-state index contributed by atoms with van der Waals surface area (Å²) in [6, 6.07) is 5.17. The van der Waals surface area contributed by atoms with E-state index in [-0.39, 0.29) is 0 Å². The Kier molecular flexibility index (Phi) is 5.54. The van der Waals surface area contributed by atoms with Crippen molar-refractivity contribution < 1.29 is 4.74 Å². The molecule has 1 aromatic rings. The van der Waals surface area contributed by atoms with Crippen molar-refractivity contribution in [2.24, 2.45) is 0 Å². The van der Waals surface area contributed by atoms with Crippen molar-refractivity contribution in [3.05, 3.63) is 40.9 Å². The minimum absolute atomic E-state index is 0.534. The lowest BCUT2D eigenvalue weighted by molar-refractivity contribution is 0.316. The number of rotatable bonds is 6. The van der Waals surface area contributed by atoms with Crippen LogP contribution >= 0.6 is 23.2 Å². The van der Waals surface area contributed by atoms with E-state index in [4.69, 9.17) is 27.9 Å². The zero-order chi connectivity index (χ0) is 11.1. The van der Waals surface area contributed by atoms with Crippen LogP contribution in [-0.2, 0) is 0 Å². The first kappa shape index (κ1) is 12.4. The lowest BCUT2D eigenvalue weighted by Crippen LogP contribution is -2.20. The van der Waals surface area contributed by atoms with Crippen molar-refractivity contribution in [2.45, 2.75) is 0 Å². The largest absolute Gasteiger partial charge is 0.491 e. The van der Waals surface area contributed by atoms with Gasteiger partial charge < -0.3 is 10.1 Å². The van der Waals surface area contributed by atoms with Gasteiger partial charge in [-0.2, -0.15) is 0 Å². The molecule has 0 bridgehead atoms. The van der Waals surface area contributed by atoms with Crippen LogP contribution in [0.3, 0.4) is 0 Å². The van der Waals surface area contributed by atoms with E-state index in [1.54, 1.807) is 24.3 Å². The molecule has 0 aliphatic carbocycles. The Bertz CT molecular complexity index is 328. The Hall–Kier alpha value is -0.700. The Morgan fingerprint density at radius 2 is 2.20 bits per heavy atom. The number of halogens is 2. The fraction of sp³-hybridized carbons (Fsp3) is 0.273. The van der Waals surface area contributed by atoms with Crippen molar-refractivity contribution in [1.29, 1.82) is 0 Å². The third kappa shape index (κ3) is 4.56. The number of nitrogens with one attached hydrogen (secondary N) is 1. The summed E-state index contributed by atoms with van der Waals surface area (Å²) in [5, 5.41) is 4.27. The molecule has 82 valence electrons. The van der Waals surface area contributed by atoms with Gasteiger partial charge in [-0.3, -0.25) is 0 Å². The number of benzene rings is 1. The average Bonchev–Trinajstić information content (AvgIpc) is 2.20. The third-order valence-corrected chi connectivity index (χ3v) is 2.25. The lowest BCUT2D eigenvalue weighted by Gasteiger charge is -2.08. The molecule has 15 heavy (non-hydrogen) atoms. The summed E-state index contributed by atoms with van der Waals surface area (Å²) in [5.74, 6) is 0.654. The molecular weight excluding hydrogens is 233 g/mol. The normalized spacial score (nSPS) is 10.0. The van der Waals surface area contributed by atoms with Crippen LogP contribution < -0.4 is 10.1 Å². The molecule has 0 heterocycles. The number of hydrogen-bond donors (Lipinski definition) is 1. The highest BCUT2D eigenvalue weighted by atomic mass is 35.5. The van der Waals surface area contributed by atoms with E-state index in [9.17, 15) is 0 Å². The van der Waals surface area contributed by atoms with Crippen LogP contribution in [0.5, 0.6) is 5.75 Å². The zero-order valence-electron chi connectivity index (χ0n) is 8.30. The topological polar surface area (TPSA) is 21.3 Å². The Balaban J connectivity index is 2.34. The summed E-state index contributed by atoms with van der Waals surface area (Å²) in [6.07, 6.45) is 1.80. The van der Waals surface area contributed by atoms with Crippen molar-refractivity contribution in [3.8, 4) is 5.75 Å². The van der Waals surface area contributed by atoms with Gasteiger partial charge in [0.15, 0.2) is 0 Å². The highest BCUT2D eigenvalue weighted by Gasteiger charge is 2.01. The van der Waals surface area contributed by atoms with Crippen LogP contribution in [0.2, 0.25) is 10.0 Å². The second kappa shape index (κ2) is 6.72. The summed E-state index contributed by atoms with van der Waals surface area (Å²) in [4.78, 5) is 0. The van der Waals surface area contributed by atoms with Crippen LogP contribution in [0.25, 0.3) is 0 Å². The molecule has 0 atom stereocenters. The monoisotopic (exact) mass is 245 g/mol. The second-order valence-electron chi connectivity index (χ2n) is 2.92. The van der Waals surface area contributed by atoms with Gasteiger partial charge in [0.1, 0.15) is 12.4 Å². The van der Waals surface area contributed by atoms with Gasteiger partial charge >= 0.3 is 0 Å². The summed E-state index contributed by atoms with van der Waals surface area (Å²) in [7, 11) is 0. The van der Waals surface area contributed by atoms with Gasteiger partial charge in [0.05, 0.1) is 5.02 Å². The molecule has 0 amide bonds. The minimum Gasteiger partial charge on any atom is -0.491 e. The minimum atomic E-state index is 0.534. The number of hydrogen-bond acceptors (Lipinski definition) is 2. The molecular formula is C11H13Cl2NO. The average molecular weight is 246 g/mol. The predicted molar refractivity (Wildman–Crippen MR) is 65.0 cm³/mol. The van der Waals surface area contributed by atoms with Gasteiger partial charge in [-0.1, -0.05) is 29.3 Å². The molecule has 0 aliphatic rings. The van der Waals surface area contributed by atoms with Gasteiger partial charge in [-0.05, 0) is 18.2 Å². The molecule has 4 heteroatoms. The van der Waals surface area contributed by atoms with Crippen molar-refractivity contribution >= 4 is 23.2 Å². The van der Waals surface area contributed by atoms with Crippen LogP contribution in [0.4, 0.5) is 0 Å². The predicted octanol–water partition coefficient (Wildman–Crippen LogP) is 3.15. The van der Waals surface area contributed by atoms with Crippen LogP contribution in [0.15, 0.2) is 30.9 Å². The van der Waals surface area contributed by atoms with Crippen molar-refractivity contribution in [3.63, 3.8) is 0 Å². The first-order chi connectivity index (χ1) is 7.24. The van der Waals surface area contributed by atoms with Crippen molar-refractivity contribution in [1.82, 2.24) is 5.32 Å². The highest BCUT2D eigenvalue weighted by Crippen LogP contribution is 2.27. The van der Waals surface area contributed by atoms with E-state index in [1.165, 1.54) is 0 Å². The molecule has 0 spiro atoms. The summed E-state index contributed by atoms with van der Waals surface area (Å²) >= 11 is 11.7. The van der Waals surface area contributed by atoms with Gasteiger partial charge in [0.25, 0.3) is 0 Å². The molecule has 0 radical (unpaired) electrons. The molecule has 0 aliphatic heterocycles. The van der Waals surface area contributed by atoms with Gasteiger partial charge in [-0.15, -0.1) is 6.58 Å². The maximum Gasteiger partial charge on any atom is 0.138 e. The van der Waals surface area contributed by atoms with Crippen LogP contribution in [0.1, 0.15) is 0 Å². The zero-order valence-corrected chi connectivity index (χ0v) is 9.81. The van der Waals surface area contributed by atoms with Gasteiger partial charge in [-0.25, -0.2) is 0 Å². The molecule has 1 N–H and O–H groups in total. The third-order valence-electron chi connectivity index (χ3n) is 1.72. The molecule has 0 unspecified atom stereocenters. The van der Waals surface area contributed by atoms with E-state index in [0.717, 1.165) is 13.1 Å². The molecule has 0 saturated heterocycles. The second-order valence-corrected chi connectivity index (χ2v) is 3.76. The molecule has 2 nitrogen and oxygen atoms in total. The summed E-state index contributed by atoms with van der Waals surface area (Å²) in [6.45, 7) is 5.70. The fourth-order valence-electron chi connectivity index (χ4n) is 1.03. The van der Waals surface area contributed by atoms with E-state index >= 15 is 0 Å². The van der Waals surface area contributed by atoms with E-state index in [1.807, 2.05) is 0 Å². The first-order valence-corrected chi connectivity index (χ1v) is 5.39. The Labute approximate surface area is 99.8 Å². The van der Waals surface area contributed by atoms with E-state index < -0.39 is 0 Å². The fourth-order valence-corrected chi connectivity index (χ4v) is 1.49. The first-order valence-electron chi connectivity index (χ1n) is 4.63.